The van der Waals surface area contributed by atoms with Gasteiger partial charge in [0.1, 0.15) is 0 Å². The molecule has 4 nitrogen and oxygen atoms in total. The van der Waals surface area contributed by atoms with Crippen molar-refractivity contribution in [2.75, 3.05) is 18.4 Å². The second kappa shape index (κ2) is 7.30. The van der Waals surface area contributed by atoms with Crippen LogP contribution in [0.15, 0.2) is 48.5 Å². The van der Waals surface area contributed by atoms with Crippen molar-refractivity contribution < 1.29 is 9.59 Å². The molecular weight excluding hydrogens is 300 g/mol. The lowest BCUT2D eigenvalue weighted by Crippen LogP contribution is -2.29. The molecule has 0 spiro atoms. The Hall–Kier alpha value is -2.62. The summed E-state index contributed by atoms with van der Waals surface area (Å²) >= 11 is 0. The van der Waals surface area contributed by atoms with Gasteiger partial charge in [0.2, 0.25) is 5.91 Å². The van der Waals surface area contributed by atoms with E-state index in [2.05, 4.69) is 5.32 Å². The molecule has 3 rings (SSSR count). The first-order chi connectivity index (χ1) is 11.6. The fourth-order valence-electron chi connectivity index (χ4n) is 2.95. The molecule has 0 aliphatic carbocycles. The van der Waals surface area contributed by atoms with E-state index in [9.17, 15) is 9.59 Å². The molecule has 2 amide bonds. The van der Waals surface area contributed by atoms with Crippen LogP contribution in [-0.2, 0) is 11.2 Å². The van der Waals surface area contributed by atoms with Gasteiger partial charge in [-0.3, -0.25) is 9.59 Å². The second-order valence-corrected chi connectivity index (χ2v) is 6.26. The summed E-state index contributed by atoms with van der Waals surface area (Å²) in [6, 6.07) is 15.1. The molecule has 0 radical (unpaired) electrons. The molecule has 1 aliphatic heterocycles. The van der Waals surface area contributed by atoms with E-state index >= 15 is 0 Å². The van der Waals surface area contributed by atoms with Gasteiger partial charge in [-0.2, -0.15) is 0 Å². The van der Waals surface area contributed by atoms with Crippen molar-refractivity contribution >= 4 is 17.5 Å². The van der Waals surface area contributed by atoms with Crippen molar-refractivity contribution in [3.05, 3.63) is 65.2 Å². The molecule has 2 aromatic carbocycles. The predicted octanol–water partition coefficient (Wildman–Crippen LogP) is 3.41. The smallest absolute Gasteiger partial charge is 0.255 e. The van der Waals surface area contributed by atoms with Crippen LogP contribution in [0.25, 0.3) is 0 Å². The van der Waals surface area contributed by atoms with Crippen LogP contribution in [0.2, 0.25) is 0 Å². The molecule has 1 N–H and O–H groups in total. The number of carbonyl (C=O) groups excluding carboxylic acids is 2. The molecule has 0 unspecified atom stereocenters. The largest absolute Gasteiger partial charge is 0.339 e. The zero-order chi connectivity index (χ0) is 16.9. The van der Waals surface area contributed by atoms with Gasteiger partial charge in [0, 0.05) is 13.1 Å². The highest BCUT2D eigenvalue weighted by Gasteiger charge is 2.22. The number of nitrogens with one attached hydrogen (secondary N) is 1. The van der Waals surface area contributed by atoms with Crippen molar-refractivity contribution in [1.82, 2.24) is 4.90 Å². The number of likely N-dealkylation sites (tertiary alicyclic amines) is 1. The Morgan fingerprint density at radius 1 is 1.00 bits per heavy atom. The SMILES string of the molecule is Cc1ccc(CC(=O)Nc2ccccc2C(=O)N2CCCC2)cc1. The Morgan fingerprint density at radius 2 is 1.67 bits per heavy atom. The highest BCUT2D eigenvalue weighted by Crippen LogP contribution is 2.20. The average molecular weight is 322 g/mol. The van der Waals surface area contributed by atoms with Crippen molar-refractivity contribution in [2.45, 2.75) is 26.2 Å². The Labute approximate surface area is 142 Å². The number of hydrogen-bond acceptors (Lipinski definition) is 2. The fourth-order valence-corrected chi connectivity index (χ4v) is 2.95. The molecule has 24 heavy (non-hydrogen) atoms. The summed E-state index contributed by atoms with van der Waals surface area (Å²) in [5.41, 5.74) is 3.28. The summed E-state index contributed by atoms with van der Waals surface area (Å²) in [4.78, 5) is 26.8. The summed E-state index contributed by atoms with van der Waals surface area (Å²) in [5.74, 6) is -0.112. The Morgan fingerprint density at radius 3 is 2.38 bits per heavy atom. The number of aryl methyl sites for hydroxylation is 1. The lowest BCUT2D eigenvalue weighted by Gasteiger charge is -2.18. The van der Waals surface area contributed by atoms with E-state index in [4.69, 9.17) is 0 Å². The summed E-state index contributed by atoms with van der Waals surface area (Å²) in [5, 5.41) is 2.89. The maximum absolute atomic E-state index is 12.6. The average Bonchev–Trinajstić information content (AvgIpc) is 3.11. The number of amides is 2. The minimum Gasteiger partial charge on any atom is -0.339 e. The molecule has 1 fully saturated rings. The van der Waals surface area contributed by atoms with E-state index in [0.29, 0.717) is 17.7 Å². The number of rotatable bonds is 4. The van der Waals surface area contributed by atoms with Crippen LogP contribution in [0.4, 0.5) is 5.69 Å². The lowest BCUT2D eigenvalue weighted by atomic mass is 10.1. The van der Waals surface area contributed by atoms with Gasteiger partial charge in [0.25, 0.3) is 5.91 Å². The van der Waals surface area contributed by atoms with E-state index < -0.39 is 0 Å². The Balaban J connectivity index is 1.71. The van der Waals surface area contributed by atoms with E-state index in [1.54, 1.807) is 12.1 Å². The van der Waals surface area contributed by atoms with Crippen LogP contribution >= 0.6 is 0 Å². The third kappa shape index (κ3) is 3.82. The van der Waals surface area contributed by atoms with Crippen LogP contribution in [0.3, 0.4) is 0 Å². The van der Waals surface area contributed by atoms with Gasteiger partial charge in [-0.25, -0.2) is 0 Å². The molecule has 1 aliphatic rings. The molecule has 124 valence electrons. The minimum absolute atomic E-state index is 0.00117. The van der Waals surface area contributed by atoms with Gasteiger partial charge < -0.3 is 10.2 Å². The number of anilines is 1. The van der Waals surface area contributed by atoms with Gasteiger partial charge in [0.15, 0.2) is 0 Å². The van der Waals surface area contributed by atoms with Crippen LogP contribution < -0.4 is 5.32 Å². The van der Waals surface area contributed by atoms with Gasteiger partial charge in [-0.05, 0) is 37.5 Å². The first-order valence-corrected chi connectivity index (χ1v) is 8.37. The monoisotopic (exact) mass is 322 g/mol. The maximum Gasteiger partial charge on any atom is 0.255 e. The van der Waals surface area contributed by atoms with Crippen molar-refractivity contribution in [1.29, 1.82) is 0 Å². The van der Waals surface area contributed by atoms with Gasteiger partial charge in [-0.15, -0.1) is 0 Å². The quantitative estimate of drug-likeness (QED) is 0.938. The minimum atomic E-state index is -0.111. The van der Waals surface area contributed by atoms with Crippen LogP contribution in [0.5, 0.6) is 0 Å². The summed E-state index contributed by atoms with van der Waals surface area (Å²) in [6.45, 7) is 3.61. The molecular formula is C20H22N2O2. The molecule has 4 heteroatoms. The number of benzene rings is 2. The highest BCUT2D eigenvalue weighted by molar-refractivity contribution is 6.04. The fraction of sp³-hybridized carbons (Fsp3) is 0.300. The molecule has 0 aromatic heterocycles. The topological polar surface area (TPSA) is 49.4 Å². The molecule has 1 saturated heterocycles. The molecule has 0 bridgehead atoms. The van der Waals surface area contributed by atoms with Gasteiger partial charge >= 0.3 is 0 Å². The highest BCUT2D eigenvalue weighted by atomic mass is 16.2. The van der Waals surface area contributed by atoms with Crippen LogP contribution in [0.1, 0.15) is 34.3 Å². The van der Waals surface area contributed by atoms with E-state index in [1.165, 1.54) is 5.56 Å². The standard InChI is InChI=1S/C20H22N2O2/c1-15-8-10-16(11-9-15)14-19(23)21-18-7-3-2-6-17(18)20(24)22-12-4-5-13-22/h2-3,6-11H,4-5,12-14H2,1H3,(H,21,23). The van der Waals surface area contributed by atoms with Crippen molar-refractivity contribution in [3.63, 3.8) is 0 Å². The Kier molecular flexibility index (Phi) is 4.94. The lowest BCUT2D eigenvalue weighted by molar-refractivity contribution is -0.115. The third-order valence-corrected chi connectivity index (χ3v) is 4.31. The number of hydrogen-bond donors (Lipinski definition) is 1. The summed E-state index contributed by atoms with van der Waals surface area (Å²) in [6.07, 6.45) is 2.40. The molecule has 2 aromatic rings. The van der Waals surface area contributed by atoms with E-state index in [-0.39, 0.29) is 11.8 Å². The number of nitrogens with zero attached hydrogens (tertiary/aromatic N) is 1. The van der Waals surface area contributed by atoms with E-state index in [1.807, 2.05) is 48.2 Å². The zero-order valence-corrected chi connectivity index (χ0v) is 13.9. The van der Waals surface area contributed by atoms with Crippen LogP contribution in [-0.4, -0.2) is 29.8 Å². The van der Waals surface area contributed by atoms with Crippen LogP contribution in [0, 0.1) is 6.92 Å². The normalized spacial score (nSPS) is 13.8. The number of para-hydroxylation sites is 1. The maximum atomic E-state index is 12.6. The summed E-state index contributed by atoms with van der Waals surface area (Å²) in [7, 11) is 0. The van der Waals surface area contributed by atoms with E-state index in [0.717, 1.165) is 31.5 Å². The zero-order valence-electron chi connectivity index (χ0n) is 13.9. The Bertz CT molecular complexity index is 732. The van der Waals surface area contributed by atoms with Gasteiger partial charge in [-0.1, -0.05) is 42.0 Å². The first kappa shape index (κ1) is 16.2. The first-order valence-electron chi connectivity index (χ1n) is 8.37. The van der Waals surface area contributed by atoms with Crippen molar-refractivity contribution in [3.8, 4) is 0 Å². The number of carbonyl (C=O) groups is 2. The molecule has 0 saturated carbocycles. The van der Waals surface area contributed by atoms with Crippen molar-refractivity contribution in [2.24, 2.45) is 0 Å². The van der Waals surface area contributed by atoms with Gasteiger partial charge in [0.05, 0.1) is 17.7 Å². The third-order valence-electron chi connectivity index (χ3n) is 4.31. The molecule has 1 heterocycles. The predicted molar refractivity (Wildman–Crippen MR) is 95.1 cm³/mol. The molecule has 0 atom stereocenters. The second-order valence-electron chi connectivity index (χ2n) is 6.26. The summed E-state index contributed by atoms with van der Waals surface area (Å²) < 4.78 is 0.